The lowest BCUT2D eigenvalue weighted by molar-refractivity contribution is -0.121. The number of amides is 1. The normalized spacial score (nSPS) is 11.4. The molecule has 9 nitrogen and oxygen atoms in total. The molecule has 0 spiro atoms. The summed E-state index contributed by atoms with van der Waals surface area (Å²) in [5.41, 5.74) is 1.85. The van der Waals surface area contributed by atoms with E-state index in [0.29, 0.717) is 0 Å². The highest BCUT2D eigenvalue weighted by Crippen LogP contribution is 2.05. The van der Waals surface area contributed by atoms with Crippen molar-refractivity contribution < 1.29 is 4.79 Å². The Bertz CT molecular complexity index is 1040. The van der Waals surface area contributed by atoms with Gasteiger partial charge in [-0.15, -0.1) is 11.3 Å². The fourth-order valence-electron chi connectivity index (χ4n) is 2.24. The zero-order chi connectivity index (χ0) is 17.3. The molecule has 1 N–H and O–H groups in total. The molecule has 0 saturated heterocycles. The van der Waals surface area contributed by atoms with Gasteiger partial charge in [0.2, 0.25) is 0 Å². The summed E-state index contributed by atoms with van der Waals surface area (Å²) in [6, 6.07) is 3.75. The Labute approximate surface area is 139 Å². The topological polar surface area (TPSA) is 103 Å². The second kappa shape index (κ2) is 6.24. The van der Waals surface area contributed by atoms with Gasteiger partial charge in [-0.05, 0) is 11.4 Å². The third-order valence-electron chi connectivity index (χ3n) is 3.46. The zero-order valence-electron chi connectivity index (χ0n) is 13.0. The van der Waals surface area contributed by atoms with Gasteiger partial charge >= 0.3 is 5.69 Å². The molecule has 10 heteroatoms. The van der Waals surface area contributed by atoms with Crippen molar-refractivity contribution in [3.63, 3.8) is 0 Å². The molecule has 0 radical (unpaired) electrons. The maximum atomic E-state index is 12.3. The maximum absolute atomic E-state index is 12.3. The Morgan fingerprint density at radius 1 is 1.38 bits per heavy atom. The average Bonchev–Trinajstić information content (AvgIpc) is 3.21. The van der Waals surface area contributed by atoms with E-state index < -0.39 is 17.2 Å². The van der Waals surface area contributed by atoms with Gasteiger partial charge in [0, 0.05) is 19.0 Å². The van der Waals surface area contributed by atoms with Crippen LogP contribution in [-0.2, 0) is 25.4 Å². The number of nitrogens with one attached hydrogen (secondary N) is 1. The van der Waals surface area contributed by atoms with Crippen LogP contribution in [0.5, 0.6) is 0 Å². The lowest BCUT2D eigenvalue weighted by Gasteiger charge is -2.05. The number of aromatic nitrogens is 4. The van der Waals surface area contributed by atoms with Crippen molar-refractivity contribution in [1.82, 2.24) is 24.1 Å². The van der Waals surface area contributed by atoms with E-state index >= 15 is 0 Å². The molecular weight excluding hydrogens is 332 g/mol. The van der Waals surface area contributed by atoms with Gasteiger partial charge < -0.3 is 4.57 Å². The number of fused-ring (bicyclic) bond motifs is 1. The van der Waals surface area contributed by atoms with Crippen LogP contribution in [-0.4, -0.2) is 30.8 Å². The van der Waals surface area contributed by atoms with Crippen LogP contribution < -0.4 is 16.7 Å². The average molecular weight is 346 g/mol. The molecule has 3 rings (SSSR count). The lowest BCUT2D eigenvalue weighted by atomic mass is 10.4. The number of hydrogen-bond acceptors (Lipinski definition) is 6. The summed E-state index contributed by atoms with van der Waals surface area (Å²) in [5, 5.41) is 5.76. The zero-order valence-corrected chi connectivity index (χ0v) is 13.8. The van der Waals surface area contributed by atoms with Gasteiger partial charge in [0.05, 0.1) is 12.5 Å². The number of rotatable bonds is 4. The van der Waals surface area contributed by atoms with Crippen LogP contribution in [0.25, 0.3) is 11.2 Å². The van der Waals surface area contributed by atoms with Crippen molar-refractivity contribution in [2.75, 3.05) is 0 Å². The molecule has 3 aromatic heterocycles. The molecule has 0 aliphatic heterocycles. The first kappa shape index (κ1) is 15.9. The van der Waals surface area contributed by atoms with E-state index in [9.17, 15) is 14.4 Å². The van der Waals surface area contributed by atoms with Crippen molar-refractivity contribution in [2.45, 2.75) is 6.54 Å². The van der Waals surface area contributed by atoms with Gasteiger partial charge in [-0.25, -0.2) is 15.2 Å². The first-order chi connectivity index (χ1) is 11.5. The van der Waals surface area contributed by atoms with E-state index in [0.717, 1.165) is 9.44 Å². The minimum atomic E-state index is -0.500. The summed E-state index contributed by atoms with van der Waals surface area (Å²) in [6.45, 7) is -0.133. The number of thiophene rings is 1. The summed E-state index contributed by atoms with van der Waals surface area (Å²) in [6.07, 6.45) is 2.89. The summed E-state index contributed by atoms with van der Waals surface area (Å²) >= 11 is 1.50. The molecule has 124 valence electrons. The largest absolute Gasteiger partial charge is 0.332 e. The minimum absolute atomic E-state index is 0.133. The van der Waals surface area contributed by atoms with Crippen molar-refractivity contribution in [1.29, 1.82) is 0 Å². The van der Waals surface area contributed by atoms with Gasteiger partial charge in [-0.1, -0.05) is 6.07 Å². The SMILES string of the molecule is Cn1c(=O)c2c(ncn2CC(=O)N/N=C/c2cccs2)n(C)c1=O. The molecule has 3 aromatic rings. The number of hydrazone groups is 1. The van der Waals surface area contributed by atoms with Crippen LogP contribution in [0.15, 0.2) is 38.5 Å². The van der Waals surface area contributed by atoms with E-state index in [1.54, 1.807) is 0 Å². The summed E-state index contributed by atoms with van der Waals surface area (Å²) in [4.78, 5) is 41.1. The first-order valence-corrected chi connectivity index (χ1v) is 7.83. The van der Waals surface area contributed by atoms with Crippen LogP contribution in [0.4, 0.5) is 0 Å². The van der Waals surface area contributed by atoms with Crippen LogP contribution in [0.1, 0.15) is 4.88 Å². The highest BCUT2D eigenvalue weighted by atomic mass is 32.1. The lowest BCUT2D eigenvalue weighted by Crippen LogP contribution is -2.38. The first-order valence-electron chi connectivity index (χ1n) is 6.95. The molecule has 0 aromatic carbocycles. The van der Waals surface area contributed by atoms with Crippen LogP contribution in [0.2, 0.25) is 0 Å². The van der Waals surface area contributed by atoms with E-state index in [4.69, 9.17) is 0 Å². The predicted molar refractivity (Wildman–Crippen MR) is 90.3 cm³/mol. The summed E-state index contributed by atoms with van der Waals surface area (Å²) in [5.74, 6) is -0.405. The van der Waals surface area contributed by atoms with Gasteiger partial charge in [0.15, 0.2) is 11.2 Å². The molecule has 0 bridgehead atoms. The van der Waals surface area contributed by atoms with E-state index in [-0.39, 0.29) is 17.7 Å². The van der Waals surface area contributed by atoms with Crippen molar-refractivity contribution >= 4 is 34.6 Å². The Hall–Kier alpha value is -3.01. The third-order valence-corrected chi connectivity index (χ3v) is 4.26. The molecular formula is C14H14N6O3S. The fraction of sp³-hybridized carbons (Fsp3) is 0.214. The van der Waals surface area contributed by atoms with Crippen molar-refractivity contribution in [3.8, 4) is 0 Å². The molecule has 24 heavy (non-hydrogen) atoms. The van der Waals surface area contributed by atoms with Gasteiger partial charge in [0.1, 0.15) is 6.54 Å². The van der Waals surface area contributed by atoms with Crippen LogP contribution >= 0.6 is 11.3 Å². The molecule has 0 fully saturated rings. The molecule has 1 amide bonds. The Balaban J connectivity index is 1.84. The maximum Gasteiger partial charge on any atom is 0.332 e. The molecule has 0 aliphatic carbocycles. The molecule has 0 aliphatic rings. The highest BCUT2D eigenvalue weighted by molar-refractivity contribution is 7.11. The molecule has 0 unspecified atom stereocenters. The van der Waals surface area contributed by atoms with E-state index in [1.807, 2.05) is 17.5 Å². The van der Waals surface area contributed by atoms with Crippen LogP contribution in [0, 0.1) is 0 Å². The predicted octanol–water partition coefficient (Wildman–Crippen LogP) is -0.354. The Morgan fingerprint density at radius 3 is 2.88 bits per heavy atom. The van der Waals surface area contributed by atoms with Crippen LogP contribution in [0.3, 0.4) is 0 Å². The fourth-order valence-corrected chi connectivity index (χ4v) is 2.82. The summed E-state index contributed by atoms with van der Waals surface area (Å²) in [7, 11) is 2.90. The Morgan fingerprint density at radius 2 is 2.17 bits per heavy atom. The number of imidazole rings is 1. The van der Waals surface area contributed by atoms with E-state index in [2.05, 4.69) is 15.5 Å². The monoisotopic (exact) mass is 346 g/mol. The molecule has 0 atom stereocenters. The van der Waals surface area contributed by atoms with Crippen molar-refractivity contribution in [3.05, 3.63) is 49.6 Å². The Kier molecular flexibility index (Phi) is 4.13. The number of aryl methyl sites for hydroxylation is 1. The number of nitrogens with zero attached hydrogens (tertiary/aromatic N) is 5. The van der Waals surface area contributed by atoms with Gasteiger partial charge in [-0.2, -0.15) is 5.10 Å². The van der Waals surface area contributed by atoms with E-state index in [1.165, 1.54) is 47.1 Å². The molecule has 0 saturated carbocycles. The standard InChI is InChI=1S/C14H14N6O3S/c1-18-12-11(13(22)19(2)14(18)23)20(8-15-12)7-10(21)17-16-6-9-4-3-5-24-9/h3-6,8H,7H2,1-2H3,(H,17,21)/b16-6+. The highest BCUT2D eigenvalue weighted by Gasteiger charge is 2.15. The number of carbonyl (C=O) groups excluding carboxylic acids is 1. The van der Waals surface area contributed by atoms with Gasteiger partial charge in [-0.3, -0.25) is 18.7 Å². The van der Waals surface area contributed by atoms with Crippen molar-refractivity contribution in [2.24, 2.45) is 19.2 Å². The second-order valence-electron chi connectivity index (χ2n) is 5.06. The summed E-state index contributed by atoms with van der Waals surface area (Å²) < 4.78 is 3.64. The third kappa shape index (κ3) is 2.78. The smallest absolute Gasteiger partial charge is 0.315 e. The molecule has 3 heterocycles. The van der Waals surface area contributed by atoms with Gasteiger partial charge in [0.25, 0.3) is 11.5 Å². The quantitative estimate of drug-likeness (QED) is 0.515. The second-order valence-corrected chi connectivity index (χ2v) is 6.04. The number of carbonyl (C=O) groups is 1. The minimum Gasteiger partial charge on any atom is -0.315 e. The number of hydrogen-bond donors (Lipinski definition) is 1.